The van der Waals surface area contributed by atoms with E-state index in [0.29, 0.717) is 11.6 Å². The molecular formula is C17H25FN2. The fourth-order valence-electron chi connectivity index (χ4n) is 4.15. The molecule has 2 aliphatic rings. The smallest absolute Gasteiger partial charge is 0.130 e. The molecule has 110 valence electrons. The van der Waals surface area contributed by atoms with Gasteiger partial charge in [0.2, 0.25) is 0 Å². The predicted octanol–water partition coefficient (Wildman–Crippen LogP) is 4.00. The molecule has 1 aromatic carbocycles. The summed E-state index contributed by atoms with van der Waals surface area (Å²) in [6.07, 6.45) is 7.86. The van der Waals surface area contributed by atoms with Crippen molar-refractivity contribution in [2.45, 2.75) is 57.5 Å². The lowest BCUT2D eigenvalue weighted by atomic mass is 9.94. The van der Waals surface area contributed by atoms with Crippen molar-refractivity contribution in [3.8, 4) is 0 Å². The van der Waals surface area contributed by atoms with Crippen molar-refractivity contribution >= 4 is 5.69 Å². The molecule has 2 nitrogen and oxygen atoms in total. The van der Waals surface area contributed by atoms with Crippen LogP contribution in [0.15, 0.2) is 18.2 Å². The molecule has 1 aliphatic carbocycles. The molecule has 20 heavy (non-hydrogen) atoms. The summed E-state index contributed by atoms with van der Waals surface area (Å²) < 4.78 is 14.2. The van der Waals surface area contributed by atoms with Crippen LogP contribution < -0.4 is 10.6 Å². The SMILES string of the molecule is C[C@@H](N)c1c(F)cccc1N1CCCC1C1CCCC1. The van der Waals surface area contributed by atoms with Crippen LogP contribution in [0.25, 0.3) is 0 Å². The van der Waals surface area contributed by atoms with Gasteiger partial charge in [0.25, 0.3) is 0 Å². The summed E-state index contributed by atoms with van der Waals surface area (Å²) in [6.45, 7) is 2.92. The summed E-state index contributed by atoms with van der Waals surface area (Å²) >= 11 is 0. The summed E-state index contributed by atoms with van der Waals surface area (Å²) in [6, 6.07) is 5.74. The largest absolute Gasteiger partial charge is 0.368 e. The molecular weight excluding hydrogens is 251 g/mol. The number of nitrogens with two attached hydrogens (primary N) is 1. The predicted molar refractivity (Wildman–Crippen MR) is 81.3 cm³/mol. The fraction of sp³-hybridized carbons (Fsp3) is 0.647. The normalized spacial score (nSPS) is 25.4. The van der Waals surface area contributed by atoms with Gasteiger partial charge in [0.1, 0.15) is 5.82 Å². The molecule has 1 aliphatic heterocycles. The van der Waals surface area contributed by atoms with Crippen molar-refractivity contribution in [3.63, 3.8) is 0 Å². The van der Waals surface area contributed by atoms with E-state index < -0.39 is 0 Å². The third-order valence-electron chi connectivity index (χ3n) is 5.04. The summed E-state index contributed by atoms with van der Waals surface area (Å²) in [5, 5.41) is 0. The molecule has 1 heterocycles. The molecule has 1 saturated carbocycles. The Bertz CT molecular complexity index is 466. The maximum atomic E-state index is 14.2. The van der Waals surface area contributed by atoms with E-state index in [2.05, 4.69) is 11.0 Å². The van der Waals surface area contributed by atoms with Gasteiger partial charge in [0, 0.05) is 29.9 Å². The number of hydrogen-bond acceptors (Lipinski definition) is 2. The Hall–Kier alpha value is -1.09. The van der Waals surface area contributed by atoms with E-state index in [1.54, 1.807) is 0 Å². The molecule has 0 radical (unpaired) electrons. The van der Waals surface area contributed by atoms with Crippen molar-refractivity contribution < 1.29 is 4.39 Å². The molecule has 1 unspecified atom stereocenters. The van der Waals surface area contributed by atoms with Gasteiger partial charge in [-0.1, -0.05) is 18.9 Å². The third kappa shape index (κ3) is 2.44. The fourth-order valence-corrected chi connectivity index (χ4v) is 4.15. The van der Waals surface area contributed by atoms with E-state index in [4.69, 9.17) is 5.73 Å². The molecule has 0 spiro atoms. The number of hydrogen-bond donors (Lipinski definition) is 1. The monoisotopic (exact) mass is 276 g/mol. The molecule has 0 aromatic heterocycles. The highest BCUT2D eigenvalue weighted by Gasteiger charge is 2.34. The van der Waals surface area contributed by atoms with Crippen molar-refractivity contribution in [2.24, 2.45) is 11.7 Å². The quantitative estimate of drug-likeness (QED) is 0.904. The van der Waals surface area contributed by atoms with Gasteiger partial charge in [-0.05, 0) is 50.7 Å². The van der Waals surface area contributed by atoms with Crippen molar-refractivity contribution in [2.75, 3.05) is 11.4 Å². The average Bonchev–Trinajstić information content (AvgIpc) is 3.08. The molecule has 3 rings (SSSR count). The average molecular weight is 276 g/mol. The molecule has 1 saturated heterocycles. The van der Waals surface area contributed by atoms with E-state index in [1.807, 2.05) is 13.0 Å². The van der Waals surface area contributed by atoms with Crippen molar-refractivity contribution in [1.29, 1.82) is 0 Å². The second-order valence-corrected chi connectivity index (χ2v) is 6.41. The first kappa shape index (κ1) is 13.9. The van der Waals surface area contributed by atoms with Crippen LogP contribution in [0, 0.1) is 11.7 Å². The number of rotatable bonds is 3. The lowest BCUT2D eigenvalue weighted by molar-refractivity contribution is 0.429. The zero-order chi connectivity index (χ0) is 14.1. The van der Waals surface area contributed by atoms with Crippen LogP contribution in [-0.4, -0.2) is 12.6 Å². The van der Waals surface area contributed by atoms with E-state index >= 15 is 0 Å². The van der Waals surface area contributed by atoms with Crippen LogP contribution in [0.4, 0.5) is 10.1 Å². The molecule has 3 heteroatoms. The zero-order valence-corrected chi connectivity index (χ0v) is 12.3. The lowest BCUT2D eigenvalue weighted by Gasteiger charge is -2.33. The van der Waals surface area contributed by atoms with Crippen molar-refractivity contribution in [1.82, 2.24) is 0 Å². The lowest BCUT2D eigenvalue weighted by Crippen LogP contribution is -2.35. The van der Waals surface area contributed by atoms with Gasteiger partial charge in [0.15, 0.2) is 0 Å². The minimum Gasteiger partial charge on any atom is -0.368 e. The minimum absolute atomic E-state index is 0.158. The van der Waals surface area contributed by atoms with E-state index in [0.717, 1.165) is 18.2 Å². The number of anilines is 1. The minimum atomic E-state index is -0.254. The molecule has 2 N–H and O–H groups in total. The maximum Gasteiger partial charge on any atom is 0.130 e. The van der Waals surface area contributed by atoms with Gasteiger partial charge >= 0.3 is 0 Å². The summed E-state index contributed by atoms with van der Waals surface area (Å²) in [5.74, 6) is 0.635. The molecule has 2 fully saturated rings. The Labute approximate surface area is 121 Å². The van der Waals surface area contributed by atoms with Crippen LogP contribution in [0.5, 0.6) is 0 Å². The van der Waals surface area contributed by atoms with E-state index in [9.17, 15) is 4.39 Å². The van der Waals surface area contributed by atoms with Gasteiger partial charge in [-0.15, -0.1) is 0 Å². The molecule has 1 aromatic rings. The maximum absolute atomic E-state index is 14.2. The Morgan fingerprint density at radius 1 is 1.20 bits per heavy atom. The van der Waals surface area contributed by atoms with Crippen LogP contribution >= 0.6 is 0 Å². The first-order valence-corrected chi connectivity index (χ1v) is 7.99. The Morgan fingerprint density at radius 3 is 2.65 bits per heavy atom. The summed E-state index contributed by atoms with van der Waals surface area (Å²) in [4.78, 5) is 2.44. The van der Waals surface area contributed by atoms with Gasteiger partial charge < -0.3 is 10.6 Å². The standard InChI is InChI=1S/C17H25FN2/c1-12(19)17-14(18)8-4-9-16(17)20-11-5-10-15(20)13-6-2-3-7-13/h4,8-9,12-13,15H,2-3,5-7,10-11,19H2,1H3/t12-,15?/m1/s1. The van der Waals surface area contributed by atoms with Crippen LogP contribution in [0.2, 0.25) is 0 Å². The Kier molecular flexibility index (Phi) is 3.97. The molecule has 0 bridgehead atoms. The number of benzene rings is 1. The molecule has 0 amide bonds. The zero-order valence-electron chi connectivity index (χ0n) is 12.3. The van der Waals surface area contributed by atoms with Gasteiger partial charge in [-0.25, -0.2) is 4.39 Å². The van der Waals surface area contributed by atoms with Crippen LogP contribution in [0.3, 0.4) is 0 Å². The summed E-state index contributed by atoms with van der Waals surface area (Å²) in [7, 11) is 0. The van der Waals surface area contributed by atoms with E-state index in [1.165, 1.54) is 44.6 Å². The van der Waals surface area contributed by atoms with Crippen LogP contribution in [0.1, 0.15) is 57.1 Å². The first-order valence-electron chi connectivity index (χ1n) is 7.99. The third-order valence-corrected chi connectivity index (χ3v) is 5.04. The van der Waals surface area contributed by atoms with Crippen molar-refractivity contribution in [3.05, 3.63) is 29.6 Å². The second-order valence-electron chi connectivity index (χ2n) is 6.41. The summed E-state index contributed by atoms with van der Waals surface area (Å²) in [5.41, 5.74) is 7.74. The second kappa shape index (κ2) is 5.72. The van der Waals surface area contributed by atoms with Gasteiger partial charge in [-0.2, -0.15) is 0 Å². The van der Waals surface area contributed by atoms with E-state index in [-0.39, 0.29) is 11.9 Å². The number of halogens is 1. The topological polar surface area (TPSA) is 29.3 Å². The highest BCUT2D eigenvalue weighted by molar-refractivity contribution is 5.57. The highest BCUT2D eigenvalue weighted by Crippen LogP contribution is 2.40. The number of nitrogens with zero attached hydrogens (tertiary/aromatic N) is 1. The van der Waals surface area contributed by atoms with Crippen LogP contribution in [-0.2, 0) is 0 Å². The highest BCUT2D eigenvalue weighted by atomic mass is 19.1. The molecule has 2 atom stereocenters. The van der Waals surface area contributed by atoms with Gasteiger partial charge in [-0.3, -0.25) is 0 Å². The Balaban J connectivity index is 1.93. The first-order chi connectivity index (χ1) is 9.68. The Morgan fingerprint density at radius 2 is 1.95 bits per heavy atom. The van der Waals surface area contributed by atoms with Gasteiger partial charge in [0.05, 0.1) is 0 Å².